The van der Waals surface area contributed by atoms with Gasteiger partial charge in [-0.3, -0.25) is 4.99 Å². The second-order valence-corrected chi connectivity index (χ2v) is 8.76. The van der Waals surface area contributed by atoms with E-state index < -0.39 is 15.5 Å². The monoisotopic (exact) mass is 564 g/mol. The number of ether oxygens (including phenoxy) is 1. The van der Waals surface area contributed by atoms with Gasteiger partial charge in [0.25, 0.3) is 0 Å². The highest BCUT2D eigenvalue weighted by atomic mass is 127. The molecule has 1 aromatic carbocycles. The average molecular weight is 564 g/mol. The van der Waals surface area contributed by atoms with Crippen LogP contribution in [0.25, 0.3) is 0 Å². The fraction of sp³-hybridized carbons (Fsp3) is 0.611. The van der Waals surface area contributed by atoms with E-state index in [4.69, 9.17) is 4.74 Å². The smallest absolute Gasteiger partial charge is 0.496 e. The SMILES string of the molecule is CN=C(NCCc1cc(C)ccc1OC)NC1CCN(S(=O)(=O)C(F)(F)F)CC1.I. The van der Waals surface area contributed by atoms with Crippen LogP contribution in [0, 0.1) is 6.92 Å². The summed E-state index contributed by atoms with van der Waals surface area (Å²) in [7, 11) is -2.04. The summed E-state index contributed by atoms with van der Waals surface area (Å²) in [6, 6.07) is 5.78. The largest absolute Gasteiger partial charge is 0.511 e. The molecule has 0 saturated carbocycles. The minimum absolute atomic E-state index is 0. The number of hydrogen-bond donors (Lipinski definition) is 2. The highest BCUT2D eigenvalue weighted by Gasteiger charge is 2.50. The zero-order valence-electron chi connectivity index (χ0n) is 17.1. The minimum Gasteiger partial charge on any atom is -0.496 e. The minimum atomic E-state index is -5.26. The first kappa shape index (κ1) is 26.8. The molecular formula is C18H28F3IN4O3S. The standard InChI is InChI=1S/C18H27F3N4O3S.HI/c1-13-4-5-16(28-3)14(12-13)6-9-23-17(22-2)24-15-7-10-25(11-8-15)29(26,27)18(19,20)21;/h4-5,12,15H,6-11H2,1-3H3,(H2,22,23,24);1H. The molecule has 0 radical (unpaired) electrons. The second kappa shape index (κ2) is 11.4. The lowest BCUT2D eigenvalue weighted by atomic mass is 10.1. The van der Waals surface area contributed by atoms with E-state index in [-0.39, 0.29) is 55.9 Å². The number of benzene rings is 1. The maximum absolute atomic E-state index is 12.7. The highest BCUT2D eigenvalue weighted by molar-refractivity contribution is 14.0. The van der Waals surface area contributed by atoms with Gasteiger partial charge < -0.3 is 15.4 Å². The summed E-state index contributed by atoms with van der Waals surface area (Å²) in [5.41, 5.74) is -3.08. The molecule has 0 aromatic heterocycles. The van der Waals surface area contributed by atoms with Crippen molar-refractivity contribution in [2.45, 2.75) is 37.7 Å². The van der Waals surface area contributed by atoms with Crippen molar-refractivity contribution in [2.75, 3.05) is 33.8 Å². The summed E-state index contributed by atoms with van der Waals surface area (Å²) in [4.78, 5) is 4.13. The van der Waals surface area contributed by atoms with Gasteiger partial charge in [0.1, 0.15) is 5.75 Å². The predicted molar refractivity (Wildman–Crippen MR) is 121 cm³/mol. The van der Waals surface area contributed by atoms with Gasteiger partial charge in [0.05, 0.1) is 7.11 Å². The number of aliphatic imine (C=N–C) groups is 1. The lowest BCUT2D eigenvalue weighted by Crippen LogP contribution is -2.51. The molecule has 0 bridgehead atoms. The number of nitrogens with zero attached hydrogens (tertiary/aromatic N) is 2. The van der Waals surface area contributed by atoms with Crippen LogP contribution >= 0.6 is 24.0 Å². The lowest BCUT2D eigenvalue weighted by molar-refractivity contribution is -0.0494. The van der Waals surface area contributed by atoms with E-state index in [9.17, 15) is 21.6 Å². The molecule has 7 nitrogen and oxygen atoms in total. The summed E-state index contributed by atoms with van der Waals surface area (Å²) >= 11 is 0. The fourth-order valence-corrected chi connectivity index (χ4v) is 4.18. The zero-order valence-corrected chi connectivity index (χ0v) is 20.3. The van der Waals surface area contributed by atoms with E-state index in [1.807, 2.05) is 25.1 Å². The number of halogens is 4. The normalized spacial score (nSPS) is 16.7. The number of alkyl halides is 3. The first-order chi connectivity index (χ1) is 13.6. The van der Waals surface area contributed by atoms with Crippen molar-refractivity contribution in [2.24, 2.45) is 4.99 Å². The van der Waals surface area contributed by atoms with Gasteiger partial charge in [0, 0.05) is 32.7 Å². The third-order valence-electron chi connectivity index (χ3n) is 4.77. The van der Waals surface area contributed by atoms with Crippen LogP contribution in [0.2, 0.25) is 0 Å². The van der Waals surface area contributed by atoms with Gasteiger partial charge in [-0.2, -0.15) is 17.5 Å². The molecule has 2 N–H and O–H groups in total. The van der Waals surface area contributed by atoms with E-state index in [0.717, 1.165) is 16.9 Å². The van der Waals surface area contributed by atoms with Gasteiger partial charge in [-0.25, -0.2) is 8.42 Å². The molecule has 1 aliphatic heterocycles. The molecule has 0 amide bonds. The van der Waals surface area contributed by atoms with Crippen LogP contribution in [0.15, 0.2) is 23.2 Å². The van der Waals surface area contributed by atoms with Crippen molar-refractivity contribution in [1.29, 1.82) is 0 Å². The van der Waals surface area contributed by atoms with Crippen LogP contribution in [-0.4, -0.2) is 64.0 Å². The predicted octanol–water partition coefficient (Wildman–Crippen LogP) is 2.64. The van der Waals surface area contributed by atoms with E-state index in [2.05, 4.69) is 15.6 Å². The molecule has 12 heteroatoms. The van der Waals surface area contributed by atoms with Crippen molar-refractivity contribution in [1.82, 2.24) is 14.9 Å². The Morgan fingerprint density at radius 1 is 1.30 bits per heavy atom. The van der Waals surface area contributed by atoms with Gasteiger partial charge in [-0.15, -0.1) is 24.0 Å². The van der Waals surface area contributed by atoms with E-state index in [0.29, 0.717) is 23.2 Å². The summed E-state index contributed by atoms with van der Waals surface area (Å²) in [6.45, 7) is 2.22. The second-order valence-electron chi connectivity index (χ2n) is 6.83. The molecule has 1 heterocycles. The Bertz CT molecular complexity index is 826. The van der Waals surface area contributed by atoms with Crippen molar-refractivity contribution in [3.8, 4) is 5.75 Å². The molecule has 0 aliphatic carbocycles. The first-order valence-corrected chi connectivity index (χ1v) is 10.7. The summed E-state index contributed by atoms with van der Waals surface area (Å²) in [5.74, 6) is 1.33. The quantitative estimate of drug-likeness (QED) is 0.316. The first-order valence-electron chi connectivity index (χ1n) is 9.25. The molecule has 30 heavy (non-hydrogen) atoms. The Balaban J connectivity index is 0.00000450. The van der Waals surface area contributed by atoms with Crippen LogP contribution in [-0.2, 0) is 16.4 Å². The maximum Gasteiger partial charge on any atom is 0.511 e. The highest BCUT2D eigenvalue weighted by Crippen LogP contribution is 2.29. The molecular weight excluding hydrogens is 536 g/mol. The molecule has 172 valence electrons. The summed E-state index contributed by atoms with van der Waals surface area (Å²) in [6.07, 6.45) is 1.23. The van der Waals surface area contributed by atoms with Gasteiger partial charge >= 0.3 is 15.5 Å². The number of hydrogen-bond acceptors (Lipinski definition) is 4. The van der Waals surface area contributed by atoms with Crippen molar-refractivity contribution >= 4 is 40.0 Å². The number of nitrogens with one attached hydrogen (secondary N) is 2. The Morgan fingerprint density at radius 2 is 1.93 bits per heavy atom. The van der Waals surface area contributed by atoms with Crippen LogP contribution in [0.1, 0.15) is 24.0 Å². The molecule has 2 rings (SSSR count). The van der Waals surface area contributed by atoms with E-state index in [1.165, 1.54) is 0 Å². The molecule has 0 spiro atoms. The van der Waals surface area contributed by atoms with Gasteiger partial charge in [0.15, 0.2) is 5.96 Å². The Morgan fingerprint density at radius 3 is 2.47 bits per heavy atom. The molecule has 1 aromatic rings. The molecule has 1 aliphatic rings. The summed E-state index contributed by atoms with van der Waals surface area (Å²) in [5, 5.41) is 6.32. The van der Waals surface area contributed by atoms with E-state index >= 15 is 0 Å². The number of sulfonamides is 1. The van der Waals surface area contributed by atoms with Crippen LogP contribution < -0.4 is 15.4 Å². The van der Waals surface area contributed by atoms with Crippen molar-refractivity contribution in [3.63, 3.8) is 0 Å². The molecule has 0 unspecified atom stereocenters. The number of piperidine rings is 1. The number of methoxy groups -OCH3 is 1. The fourth-order valence-electron chi connectivity index (χ4n) is 3.19. The molecule has 0 atom stereocenters. The van der Waals surface area contributed by atoms with Crippen molar-refractivity contribution < 1.29 is 26.3 Å². The van der Waals surface area contributed by atoms with Gasteiger partial charge in [-0.1, -0.05) is 17.7 Å². The topological polar surface area (TPSA) is 83.0 Å². The zero-order chi connectivity index (χ0) is 21.7. The summed E-state index contributed by atoms with van der Waals surface area (Å²) < 4.78 is 66.8. The van der Waals surface area contributed by atoms with Crippen LogP contribution in [0.3, 0.4) is 0 Å². The van der Waals surface area contributed by atoms with Gasteiger partial charge in [-0.05, 0) is 37.8 Å². The Hall–Kier alpha value is -1.28. The number of guanidine groups is 1. The number of aryl methyl sites for hydroxylation is 1. The van der Waals surface area contributed by atoms with Crippen LogP contribution in [0.5, 0.6) is 5.75 Å². The van der Waals surface area contributed by atoms with E-state index in [1.54, 1.807) is 14.2 Å². The molecule has 1 saturated heterocycles. The maximum atomic E-state index is 12.7. The Labute approximate surface area is 192 Å². The third kappa shape index (κ3) is 6.87. The average Bonchev–Trinajstić information content (AvgIpc) is 2.67. The Kier molecular flexibility index (Phi) is 10.1. The third-order valence-corrected chi connectivity index (χ3v) is 6.40. The van der Waals surface area contributed by atoms with Crippen molar-refractivity contribution in [3.05, 3.63) is 29.3 Å². The van der Waals surface area contributed by atoms with Gasteiger partial charge in [0.2, 0.25) is 0 Å². The molecule has 1 fully saturated rings. The van der Waals surface area contributed by atoms with Crippen LogP contribution in [0.4, 0.5) is 13.2 Å². The lowest BCUT2D eigenvalue weighted by Gasteiger charge is -2.32. The number of rotatable bonds is 6.